The molecule has 7 heteroatoms. The molecule has 0 saturated heterocycles. The molecular formula is C27H27NO5S. The SMILES string of the molecule is COC(=O)c1c(NC(=O)/C=C/c2ccc(OCc3ccccc3C)c(OC)c2)sc2c1CCC2. The highest BCUT2D eigenvalue weighted by atomic mass is 32.1. The quantitative estimate of drug-likeness (QED) is 0.339. The molecular weight excluding hydrogens is 450 g/mol. The number of thiophene rings is 1. The van der Waals surface area contributed by atoms with Crippen LogP contribution >= 0.6 is 11.3 Å². The van der Waals surface area contributed by atoms with Crippen molar-refractivity contribution in [3.05, 3.63) is 81.2 Å². The van der Waals surface area contributed by atoms with Crippen LogP contribution in [0.4, 0.5) is 5.00 Å². The fourth-order valence-electron chi connectivity index (χ4n) is 3.97. The van der Waals surface area contributed by atoms with Crippen molar-refractivity contribution in [2.75, 3.05) is 19.5 Å². The van der Waals surface area contributed by atoms with Gasteiger partial charge in [-0.25, -0.2) is 4.79 Å². The number of rotatable bonds is 8. The average Bonchev–Trinajstić information content (AvgIpc) is 3.43. The first-order valence-corrected chi connectivity index (χ1v) is 11.9. The highest BCUT2D eigenvalue weighted by molar-refractivity contribution is 7.17. The molecule has 0 spiro atoms. The first kappa shape index (κ1) is 23.6. The monoisotopic (exact) mass is 477 g/mol. The summed E-state index contributed by atoms with van der Waals surface area (Å²) in [6, 6.07) is 13.6. The molecule has 1 aliphatic rings. The van der Waals surface area contributed by atoms with E-state index in [0.717, 1.165) is 40.8 Å². The Morgan fingerprint density at radius 3 is 2.68 bits per heavy atom. The maximum atomic E-state index is 12.6. The zero-order chi connectivity index (χ0) is 24.1. The molecule has 1 amide bonds. The number of fused-ring (bicyclic) bond motifs is 1. The van der Waals surface area contributed by atoms with Crippen LogP contribution in [0.5, 0.6) is 11.5 Å². The highest BCUT2D eigenvalue weighted by Crippen LogP contribution is 2.39. The molecule has 2 aromatic carbocycles. The van der Waals surface area contributed by atoms with Gasteiger partial charge in [-0.05, 0) is 66.6 Å². The summed E-state index contributed by atoms with van der Waals surface area (Å²) < 4.78 is 16.4. The van der Waals surface area contributed by atoms with E-state index in [1.165, 1.54) is 30.1 Å². The van der Waals surface area contributed by atoms with E-state index in [4.69, 9.17) is 14.2 Å². The van der Waals surface area contributed by atoms with Gasteiger partial charge in [-0.1, -0.05) is 30.3 Å². The number of aryl methyl sites for hydroxylation is 2. The molecule has 1 N–H and O–H groups in total. The van der Waals surface area contributed by atoms with E-state index >= 15 is 0 Å². The lowest BCUT2D eigenvalue weighted by atomic mass is 10.1. The zero-order valence-electron chi connectivity index (χ0n) is 19.5. The van der Waals surface area contributed by atoms with Crippen LogP contribution in [0.15, 0.2) is 48.5 Å². The summed E-state index contributed by atoms with van der Waals surface area (Å²) in [5, 5.41) is 3.39. The maximum absolute atomic E-state index is 12.6. The third kappa shape index (κ3) is 5.15. The summed E-state index contributed by atoms with van der Waals surface area (Å²) in [6.45, 7) is 2.49. The van der Waals surface area contributed by atoms with Gasteiger partial charge in [-0.15, -0.1) is 11.3 Å². The normalized spacial score (nSPS) is 12.4. The number of carbonyl (C=O) groups is 2. The first-order chi connectivity index (χ1) is 16.5. The van der Waals surface area contributed by atoms with Crippen molar-refractivity contribution in [1.29, 1.82) is 0 Å². The zero-order valence-corrected chi connectivity index (χ0v) is 20.3. The maximum Gasteiger partial charge on any atom is 0.341 e. The lowest BCUT2D eigenvalue weighted by molar-refractivity contribution is -0.111. The molecule has 1 aliphatic carbocycles. The number of anilines is 1. The smallest absolute Gasteiger partial charge is 0.341 e. The van der Waals surface area contributed by atoms with Crippen molar-refractivity contribution in [3.63, 3.8) is 0 Å². The lowest BCUT2D eigenvalue weighted by Crippen LogP contribution is -2.12. The Kier molecular flexibility index (Phi) is 7.33. The molecule has 34 heavy (non-hydrogen) atoms. The Hall–Kier alpha value is -3.58. The summed E-state index contributed by atoms with van der Waals surface area (Å²) >= 11 is 1.45. The Morgan fingerprint density at radius 2 is 1.91 bits per heavy atom. The van der Waals surface area contributed by atoms with E-state index in [2.05, 4.69) is 5.32 Å². The highest BCUT2D eigenvalue weighted by Gasteiger charge is 2.27. The van der Waals surface area contributed by atoms with Gasteiger partial charge in [0.2, 0.25) is 5.91 Å². The van der Waals surface area contributed by atoms with Gasteiger partial charge in [0, 0.05) is 11.0 Å². The van der Waals surface area contributed by atoms with Crippen LogP contribution in [0.1, 0.15) is 43.9 Å². The minimum Gasteiger partial charge on any atom is -0.493 e. The third-order valence-electron chi connectivity index (χ3n) is 5.81. The van der Waals surface area contributed by atoms with Crippen LogP contribution < -0.4 is 14.8 Å². The van der Waals surface area contributed by atoms with Crippen molar-refractivity contribution < 1.29 is 23.8 Å². The van der Waals surface area contributed by atoms with Gasteiger partial charge in [0.15, 0.2) is 11.5 Å². The van der Waals surface area contributed by atoms with Gasteiger partial charge in [0.05, 0.1) is 19.8 Å². The van der Waals surface area contributed by atoms with E-state index in [1.54, 1.807) is 13.2 Å². The molecule has 1 aromatic heterocycles. The summed E-state index contributed by atoms with van der Waals surface area (Å²) in [6.07, 6.45) is 5.91. The van der Waals surface area contributed by atoms with E-state index in [9.17, 15) is 9.59 Å². The van der Waals surface area contributed by atoms with Crippen molar-refractivity contribution in [2.45, 2.75) is 32.8 Å². The standard InChI is InChI=1S/C27H27NO5S/c1-17-7-4-5-8-19(17)16-33-21-13-11-18(15-22(21)31-2)12-14-24(29)28-26-25(27(30)32-3)20-9-6-10-23(20)34-26/h4-5,7-8,11-15H,6,9-10,16H2,1-3H3,(H,28,29)/b14-12+. The molecule has 4 rings (SSSR count). The molecule has 6 nitrogen and oxygen atoms in total. The minimum absolute atomic E-state index is 0.316. The number of hydrogen-bond donors (Lipinski definition) is 1. The summed E-state index contributed by atoms with van der Waals surface area (Å²) in [7, 11) is 2.94. The number of methoxy groups -OCH3 is 2. The number of hydrogen-bond acceptors (Lipinski definition) is 6. The second-order valence-electron chi connectivity index (χ2n) is 8.00. The molecule has 0 saturated carbocycles. The predicted molar refractivity (Wildman–Crippen MR) is 134 cm³/mol. The number of ether oxygens (including phenoxy) is 3. The van der Waals surface area contributed by atoms with Crippen molar-refractivity contribution >= 4 is 34.3 Å². The van der Waals surface area contributed by atoms with Crippen LogP contribution in [-0.4, -0.2) is 26.1 Å². The van der Waals surface area contributed by atoms with Gasteiger partial charge in [0.1, 0.15) is 11.6 Å². The molecule has 0 aliphatic heterocycles. The lowest BCUT2D eigenvalue weighted by Gasteiger charge is -2.12. The van der Waals surface area contributed by atoms with Crippen LogP contribution in [-0.2, 0) is 29.0 Å². The van der Waals surface area contributed by atoms with Gasteiger partial charge in [0.25, 0.3) is 0 Å². The van der Waals surface area contributed by atoms with Crippen LogP contribution in [0.2, 0.25) is 0 Å². The second kappa shape index (κ2) is 10.6. The number of nitrogens with one attached hydrogen (secondary N) is 1. The minimum atomic E-state index is -0.412. The first-order valence-electron chi connectivity index (χ1n) is 11.1. The van der Waals surface area contributed by atoms with Crippen LogP contribution in [0.25, 0.3) is 6.08 Å². The Labute approximate surface area is 203 Å². The van der Waals surface area contributed by atoms with Crippen molar-refractivity contribution in [1.82, 2.24) is 0 Å². The fourth-order valence-corrected chi connectivity index (χ4v) is 5.25. The second-order valence-corrected chi connectivity index (χ2v) is 9.11. The molecule has 3 aromatic rings. The molecule has 0 bridgehead atoms. The van der Waals surface area contributed by atoms with Gasteiger partial charge < -0.3 is 19.5 Å². The Morgan fingerprint density at radius 1 is 1.09 bits per heavy atom. The molecule has 1 heterocycles. The average molecular weight is 478 g/mol. The van der Waals surface area contributed by atoms with Gasteiger partial charge in [-0.3, -0.25) is 4.79 Å². The molecule has 0 atom stereocenters. The topological polar surface area (TPSA) is 73.9 Å². The molecule has 0 radical (unpaired) electrons. The predicted octanol–water partition coefficient (Wildman–Crippen LogP) is 5.57. The molecule has 0 unspecified atom stereocenters. The Balaban J connectivity index is 1.44. The van der Waals surface area contributed by atoms with Gasteiger partial charge >= 0.3 is 5.97 Å². The van der Waals surface area contributed by atoms with Crippen LogP contribution in [0.3, 0.4) is 0 Å². The largest absolute Gasteiger partial charge is 0.493 e. The fraction of sp³-hybridized carbons (Fsp3) is 0.259. The number of esters is 1. The number of amides is 1. The van der Waals surface area contributed by atoms with Gasteiger partial charge in [-0.2, -0.15) is 0 Å². The third-order valence-corrected chi connectivity index (χ3v) is 7.01. The molecule has 176 valence electrons. The van der Waals surface area contributed by atoms with Crippen molar-refractivity contribution in [2.24, 2.45) is 0 Å². The van der Waals surface area contributed by atoms with E-state index in [1.807, 2.05) is 49.4 Å². The van der Waals surface area contributed by atoms with E-state index in [0.29, 0.717) is 28.7 Å². The van der Waals surface area contributed by atoms with E-state index < -0.39 is 5.97 Å². The number of benzene rings is 2. The number of carbonyl (C=O) groups excluding carboxylic acids is 2. The van der Waals surface area contributed by atoms with Crippen LogP contribution in [0, 0.1) is 6.92 Å². The summed E-state index contributed by atoms with van der Waals surface area (Å²) in [4.78, 5) is 26.0. The summed E-state index contributed by atoms with van der Waals surface area (Å²) in [5.74, 6) is 0.482. The molecule has 0 fully saturated rings. The van der Waals surface area contributed by atoms with Crippen molar-refractivity contribution in [3.8, 4) is 11.5 Å². The summed E-state index contributed by atoms with van der Waals surface area (Å²) in [5.41, 5.74) is 4.55. The Bertz CT molecular complexity index is 1240. The van der Waals surface area contributed by atoms with E-state index in [-0.39, 0.29) is 5.91 Å².